The van der Waals surface area contributed by atoms with Crippen LogP contribution in [0.15, 0.2) is 66.2 Å². The molecule has 3 aromatic carbocycles. The lowest BCUT2D eigenvalue weighted by Gasteiger charge is -2.09. The Morgan fingerprint density at radius 1 is 1.10 bits per heavy atom. The Kier molecular flexibility index (Phi) is 6.66. The summed E-state index contributed by atoms with van der Waals surface area (Å²) in [7, 11) is 0. The number of aryl methyl sites for hydroxylation is 2. The molecule has 0 aliphatic carbocycles. The number of carbonyl (C=O) groups is 1. The minimum absolute atomic E-state index is 0.0344. The molecule has 3 rings (SSSR count). The van der Waals surface area contributed by atoms with Crippen LogP contribution in [0.25, 0.3) is 6.08 Å². The summed E-state index contributed by atoms with van der Waals surface area (Å²) in [4.78, 5) is 12.5. The average Bonchev–Trinajstić information content (AvgIpc) is 2.71. The first kappa shape index (κ1) is 21.3. The highest BCUT2D eigenvalue weighted by Crippen LogP contribution is 2.24. The number of nitriles is 1. The molecule has 5 heteroatoms. The number of halogens is 2. The van der Waals surface area contributed by atoms with Crippen molar-refractivity contribution in [3.8, 4) is 6.07 Å². The summed E-state index contributed by atoms with van der Waals surface area (Å²) in [5.74, 6) is -0.775. The molecule has 0 saturated carbocycles. The molecule has 3 nitrogen and oxygen atoms in total. The van der Waals surface area contributed by atoms with Gasteiger partial charge in [-0.1, -0.05) is 59.6 Å². The number of carbonyl (C=O) groups excluding carboxylic acids is 1. The van der Waals surface area contributed by atoms with Crippen LogP contribution in [0.2, 0.25) is 5.02 Å². The zero-order valence-corrected chi connectivity index (χ0v) is 17.4. The number of nitrogens with zero attached hydrogens (tertiary/aromatic N) is 1. The molecule has 1 N–H and O–H groups in total. The van der Waals surface area contributed by atoms with Gasteiger partial charge in [-0.3, -0.25) is 4.79 Å². The first-order chi connectivity index (χ1) is 14.4. The van der Waals surface area contributed by atoms with Gasteiger partial charge in [0.05, 0.1) is 0 Å². The Morgan fingerprint density at radius 2 is 1.87 bits per heavy atom. The molecule has 150 valence electrons. The number of hydrogen-bond acceptors (Lipinski definition) is 2. The third-order valence-corrected chi connectivity index (χ3v) is 5.07. The first-order valence-electron chi connectivity index (χ1n) is 9.39. The number of anilines is 1. The average molecular weight is 419 g/mol. The van der Waals surface area contributed by atoms with Gasteiger partial charge in [-0.25, -0.2) is 4.39 Å². The molecule has 0 aromatic heterocycles. The summed E-state index contributed by atoms with van der Waals surface area (Å²) in [5.41, 5.74) is 4.56. The number of rotatable bonds is 5. The minimum atomic E-state index is -0.490. The Balaban J connectivity index is 1.80. The third-order valence-electron chi connectivity index (χ3n) is 4.72. The quantitative estimate of drug-likeness (QED) is 0.394. The molecular formula is C25H20ClFN2O. The Labute approximate surface area is 180 Å². The van der Waals surface area contributed by atoms with Crippen molar-refractivity contribution < 1.29 is 9.18 Å². The van der Waals surface area contributed by atoms with E-state index in [4.69, 9.17) is 11.6 Å². The van der Waals surface area contributed by atoms with Crippen LogP contribution in [0.5, 0.6) is 0 Å². The van der Waals surface area contributed by atoms with Gasteiger partial charge in [0.2, 0.25) is 0 Å². The van der Waals surface area contributed by atoms with E-state index in [9.17, 15) is 14.4 Å². The summed E-state index contributed by atoms with van der Waals surface area (Å²) >= 11 is 6.37. The van der Waals surface area contributed by atoms with Gasteiger partial charge in [-0.15, -0.1) is 0 Å². The van der Waals surface area contributed by atoms with Crippen molar-refractivity contribution in [2.24, 2.45) is 0 Å². The number of amides is 1. The predicted molar refractivity (Wildman–Crippen MR) is 119 cm³/mol. The van der Waals surface area contributed by atoms with E-state index in [-0.39, 0.29) is 11.4 Å². The van der Waals surface area contributed by atoms with Crippen LogP contribution in [0.4, 0.5) is 10.1 Å². The largest absolute Gasteiger partial charge is 0.321 e. The van der Waals surface area contributed by atoms with E-state index in [1.165, 1.54) is 12.1 Å². The van der Waals surface area contributed by atoms with E-state index in [0.29, 0.717) is 28.3 Å². The molecule has 0 atom stereocenters. The van der Waals surface area contributed by atoms with Crippen molar-refractivity contribution in [2.75, 3.05) is 5.32 Å². The molecule has 0 aliphatic heterocycles. The van der Waals surface area contributed by atoms with Gasteiger partial charge in [0, 0.05) is 17.1 Å². The van der Waals surface area contributed by atoms with Crippen LogP contribution < -0.4 is 5.32 Å². The van der Waals surface area contributed by atoms with Crippen LogP contribution in [0.3, 0.4) is 0 Å². The maximum atomic E-state index is 13.9. The molecule has 0 unspecified atom stereocenters. The van der Waals surface area contributed by atoms with E-state index in [1.807, 2.05) is 38.1 Å². The summed E-state index contributed by atoms with van der Waals surface area (Å²) in [5, 5.41) is 12.7. The van der Waals surface area contributed by atoms with Crippen LogP contribution in [0.1, 0.15) is 27.8 Å². The van der Waals surface area contributed by atoms with Crippen molar-refractivity contribution in [3.05, 3.63) is 105 Å². The van der Waals surface area contributed by atoms with Crippen LogP contribution >= 0.6 is 11.6 Å². The van der Waals surface area contributed by atoms with Gasteiger partial charge in [-0.2, -0.15) is 5.26 Å². The van der Waals surface area contributed by atoms with Crippen molar-refractivity contribution in [1.29, 1.82) is 5.26 Å². The molecule has 1 amide bonds. The lowest BCUT2D eigenvalue weighted by molar-refractivity contribution is -0.112. The van der Waals surface area contributed by atoms with Crippen LogP contribution in [0, 0.1) is 31.0 Å². The number of hydrogen-bond donors (Lipinski definition) is 1. The zero-order chi connectivity index (χ0) is 21.7. The van der Waals surface area contributed by atoms with E-state index in [0.717, 1.165) is 16.7 Å². The zero-order valence-electron chi connectivity index (χ0n) is 16.7. The number of benzene rings is 3. The fourth-order valence-electron chi connectivity index (χ4n) is 3.10. The van der Waals surface area contributed by atoms with Gasteiger partial charge < -0.3 is 5.32 Å². The molecule has 0 fully saturated rings. The molecule has 0 saturated heterocycles. The van der Waals surface area contributed by atoms with E-state index in [2.05, 4.69) is 5.32 Å². The summed E-state index contributed by atoms with van der Waals surface area (Å²) in [6.45, 7) is 3.87. The molecule has 3 aromatic rings. The lowest BCUT2D eigenvalue weighted by atomic mass is 10.0. The van der Waals surface area contributed by atoms with Gasteiger partial charge in [-0.05, 0) is 60.4 Å². The van der Waals surface area contributed by atoms with Crippen molar-refractivity contribution in [2.45, 2.75) is 20.3 Å². The molecule has 0 aliphatic rings. The highest BCUT2D eigenvalue weighted by atomic mass is 35.5. The van der Waals surface area contributed by atoms with E-state index >= 15 is 0 Å². The standard InChI is InChI=1S/C25H20ClFN2O/c1-16-7-10-24(17(2)11-16)29-25(30)21(15-28)12-18-8-9-19(22(26)13-18)14-20-5-3-4-6-23(20)27/h3-13H,14H2,1-2H3,(H,29,30)/b21-12+. The molecule has 0 radical (unpaired) electrons. The second-order valence-electron chi connectivity index (χ2n) is 7.06. The normalized spacial score (nSPS) is 11.1. The fourth-order valence-corrected chi connectivity index (χ4v) is 3.36. The highest BCUT2D eigenvalue weighted by molar-refractivity contribution is 6.31. The lowest BCUT2D eigenvalue weighted by Crippen LogP contribution is -2.14. The fraction of sp³-hybridized carbons (Fsp3) is 0.120. The maximum Gasteiger partial charge on any atom is 0.266 e. The SMILES string of the molecule is Cc1ccc(NC(=O)/C(C#N)=C/c2ccc(Cc3ccccc3F)c(Cl)c2)c(C)c1. The van der Waals surface area contributed by atoms with Gasteiger partial charge >= 0.3 is 0 Å². The van der Waals surface area contributed by atoms with Crippen LogP contribution in [-0.2, 0) is 11.2 Å². The monoisotopic (exact) mass is 418 g/mol. The predicted octanol–water partition coefficient (Wildman–Crippen LogP) is 6.23. The maximum absolute atomic E-state index is 13.9. The third kappa shape index (κ3) is 5.14. The Morgan fingerprint density at radius 3 is 2.53 bits per heavy atom. The summed E-state index contributed by atoms with van der Waals surface area (Å²) in [6.07, 6.45) is 1.84. The van der Waals surface area contributed by atoms with Crippen molar-refractivity contribution >= 4 is 29.3 Å². The Bertz CT molecular complexity index is 1180. The number of nitrogens with one attached hydrogen (secondary N) is 1. The summed E-state index contributed by atoms with van der Waals surface area (Å²) in [6, 6.07) is 19.3. The molecule has 0 bridgehead atoms. The van der Waals surface area contributed by atoms with Crippen molar-refractivity contribution in [3.63, 3.8) is 0 Å². The summed E-state index contributed by atoms with van der Waals surface area (Å²) < 4.78 is 13.9. The smallest absolute Gasteiger partial charge is 0.266 e. The molecule has 0 spiro atoms. The van der Waals surface area contributed by atoms with Crippen LogP contribution in [-0.4, -0.2) is 5.91 Å². The Hall–Kier alpha value is -3.42. The van der Waals surface area contributed by atoms with E-state index in [1.54, 1.807) is 36.4 Å². The topological polar surface area (TPSA) is 52.9 Å². The van der Waals surface area contributed by atoms with E-state index < -0.39 is 5.91 Å². The molecule has 0 heterocycles. The second kappa shape index (κ2) is 9.39. The minimum Gasteiger partial charge on any atom is -0.321 e. The van der Waals surface area contributed by atoms with Gasteiger partial charge in [0.25, 0.3) is 5.91 Å². The highest BCUT2D eigenvalue weighted by Gasteiger charge is 2.12. The second-order valence-corrected chi connectivity index (χ2v) is 7.47. The van der Waals surface area contributed by atoms with Crippen molar-refractivity contribution in [1.82, 2.24) is 0 Å². The molecular weight excluding hydrogens is 399 g/mol. The molecule has 30 heavy (non-hydrogen) atoms. The van der Waals surface area contributed by atoms with Gasteiger partial charge in [0.15, 0.2) is 0 Å². The first-order valence-corrected chi connectivity index (χ1v) is 9.77. The van der Waals surface area contributed by atoms with Gasteiger partial charge in [0.1, 0.15) is 17.5 Å².